The first-order valence-corrected chi connectivity index (χ1v) is 26.4. The summed E-state index contributed by atoms with van der Waals surface area (Å²) in [6.45, 7) is 3.31. The molecule has 23 heteroatoms. The molecule has 0 aromatic heterocycles. The standard InChI is InChI=1S/C56H75N11O12/c1-2-47(69)59-32-33-62-55(76)67-54(58)61-31-14-22-46(51(72)64-36-38-23-25-42(68)26-24-38)66-52(73)49(40-17-7-4-8-18-40)41-19-13-20-43(35-41)78-34-12-11-29-60-50(71)45(65-48(70)28-27-44(57)53(74)75)21-9-10-30-63-56(77)79-37-39-15-5-3-6-16-39/h3-8,13,15-20,23-26,35,44-46,49,68H,2,9-12,14,21-22,27-34,36-37,57H2,1H3,(H,59,69)(H,60,71)(H,63,77)(H,64,72)(H,65,70)(H,66,73)(H,74,75)(H4,58,61,62,67,76)/t44-,45-,46+,49?/m0/s1. The number of aromatic hydroxyl groups is 1. The van der Waals surface area contributed by atoms with Crippen LogP contribution in [0.1, 0.15) is 99.3 Å². The number of phenols is 1. The van der Waals surface area contributed by atoms with Crippen LogP contribution in [0.3, 0.4) is 0 Å². The van der Waals surface area contributed by atoms with E-state index in [-0.39, 0.29) is 95.8 Å². The fourth-order valence-corrected chi connectivity index (χ4v) is 7.72. The van der Waals surface area contributed by atoms with Gasteiger partial charge < -0.3 is 73.7 Å². The quantitative estimate of drug-likeness (QED) is 0.0181. The number of benzene rings is 4. The van der Waals surface area contributed by atoms with Gasteiger partial charge in [0.1, 0.15) is 36.2 Å². The summed E-state index contributed by atoms with van der Waals surface area (Å²) in [5.74, 6) is -3.75. The van der Waals surface area contributed by atoms with Crippen molar-refractivity contribution in [2.75, 3.05) is 39.3 Å². The number of nitrogens with two attached hydrogens (primary N) is 2. The summed E-state index contributed by atoms with van der Waals surface area (Å²) < 4.78 is 11.4. The number of carbonyl (C=O) groups excluding carboxylic acids is 7. The maximum Gasteiger partial charge on any atom is 0.407 e. The summed E-state index contributed by atoms with van der Waals surface area (Å²) >= 11 is 0. The molecule has 8 amide bonds. The summed E-state index contributed by atoms with van der Waals surface area (Å²) in [6, 6.07) is 27.8. The van der Waals surface area contributed by atoms with Gasteiger partial charge in [-0.2, -0.15) is 4.99 Å². The van der Waals surface area contributed by atoms with Crippen molar-refractivity contribution in [3.63, 3.8) is 0 Å². The van der Waals surface area contributed by atoms with Crippen LogP contribution in [-0.4, -0.2) is 121 Å². The van der Waals surface area contributed by atoms with Gasteiger partial charge in [-0.1, -0.05) is 91.9 Å². The minimum atomic E-state index is -1.24. The zero-order valence-electron chi connectivity index (χ0n) is 44.5. The highest BCUT2D eigenvalue weighted by Crippen LogP contribution is 2.28. The van der Waals surface area contributed by atoms with Gasteiger partial charge in [0.25, 0.3) is 0 Å². The van der Waals surface area contributed by atoms with Gasteiger partial charge in [-0.25, -0.2) is 9.59 Å². The first-order chi connectivity index (χ1) is 38.1. The summed E-state index contributed by atoms with van der Waals surface area (Å²) in [6.07, 6.45) is 2.13. The van der Waals surface area contributed by atoms with Crippen molar-refractivity contribution in [1.29, 1.82) is 0 Å². The molecule has 0 saturated carbocycles. The molecule has 4 aromatic rings. The lowest BCUT2D eigenvalue weighted by Gasteiger charge is -2.24. The number of aliphatic imine (C=N–C) groups is 1. The third kappa shape index (κ3) is 25.3. The van der Waals surface area contributed by atoms with E-state index in [1.54, 1.807) is 55.5 Å². The lowest BCUT2D eigenvalue weighted by atomic mass is 9.90. The maximum absolute atomic E-state index is 14.5. The molecule has 0 bridgehead atoms. The van der Waals surface area contributed by atoms with Crippen LogP contribution in [0.25, 0.3) is 0 Å². The van der Waals surface area contributed by atoms with Crippen LogP contribution in [0, 0.1) is 0 Å². The van der Waals surface area contributed by atoms with Crippen molar-refractivity contribution in [1.82, 2.24) is 42.5 Å². The molecular formula is C56H75N11O12. The van der Waals surface area contributed by atoms with E-state index in [0.29, 0.717) is 55.4 Å². The Bertz CT molecular complexity index is 2590. The molecule has 0 fully saturated rings. The molecule has 0 radical (unpaired) electrons. The number of ether oxygens (including phenoxy) is 2. The van der Waals surface area contributed by atoms with Crippen molar-refractivity contribution in [3.8, 4) is 11.5 Å². The molecule has 0 spiro atoms. The van der Waals surface area contributed by atoms with Crippen molar-refractivity contribution >= 4 is 53.6 Å². The average molecular weight is 1090 g/mol. The molecule has 4 aromatic carbocycles. The van der Waals surface area contributed by atoms with Crippen LogP contribution in [0.5, 0.6) is 11.5 Å². The molecule has 4 rings (SSSR count). The van der Waals surface area contributed by atoms with E-state index in [1.807, 2.05) is 48.5 Å². The third-order valence-electron chi connectivity index (χ3n) is 12.1. The van der Waals surface area contributed by atoms with E-state index in [9.17, 15) is 43.5 Å². The Balaban J connectivity index is 1.33. The molecule has 0 saturated heterocycles. The summed E-state index contributed by atoms with van der Waals surface area (Å²) in [5.41, 5.74) is 14.3. The molecule has 23 nitrogen and oxygen atoms in total. The largest absolute Gasteiger partial charge is 0.508 e. The Morgan fingerprint density at radius 2 is 1.23 bits per heavy atom. The molecule has 79 heavy (non-hydrogen) atoms. The summed E-state index contributed by atoms with van der Waals surface area (Å²) in [5, 5.41) is 41.0. The molecular weight excluding hydrogens is 1020 g/mol. The van der Waals surface area contributed by atoms with E-state index in [0.717, 1.165) is 11.1 Å². The van der Waals surface area contributed by atoms with Crippen molar-refractivity contribution < 1.29 is 58.0 Å². The van der Waals surface area contributed by atoms with Gasteiger partial charge in [-0.05, 0) is 97.9 Å². The number of guanidine groups is 1. The molecule has 0 aliphatic carbocycles. The number of carboxylic acids is 1. The van der Waals surface area contributed by atoms with Crippen molar-refractivity contribution in [2.45, 2.75) is 108 Å². The monoisotopic (exact) mass is 1090 g/mol. The number of hydrogen-bond acceptors (Lipinski definition) is 12. The van der Waals surface area contributed by atoms with E-state index in [1.165, 1.54) is 12.1 Å². The molecule has 0 aliphatic heterocycles. The molecule has 426 valence electrons. The highest BCUT2D eigenvalue weighted by atomic mass is 16.5. The third-order valence-corrected chi connectivity index (χ3v) is 12.1. The van der Waals surface area contributed by atoms with Crippen molar-refractivity contribution in [2.24, 2.45) is 16.5 Å². The lowest BCUT2D eigenvalue weighted by Crippen LogP contribution is -2.48. The number of amides is 8. The lowest BCUT2D eigenvalue weighted by molar-refractivity contribution is -0.139. The van der Waals surface area contributed by atoms with E-state index >= 15 is 0 Å². The van der Waals surface area contributed by atoms with Crippen molar-refractivity contribution in [3.05, 3.63) is 131 Å². The zero-order chi connectivity index (χ0) is 57.2. The second-order valence-electron chi connectivity index (χ2n) is 18.3. The van der Waals surface area contributed by atoms with Gasteiger partial charge in [0, 0.05) is 52.1 Å². The number of urea groups is 1. The molecule has 0 heterocycles. The van der Waals surface area contributed by atoms with Crippen LogP contribution in [0.4, 0.5) is 9.59 Å². The van der Waals surface area contributed by atoms with Crippen LogP contribution in [-0.2, 0) is 46.7 Å². The zero-order valence-corrected chi connectivity index (χ0v) is 44.5. The Hall–Kier alpha value is -8.73. The fraction of sp³-hybridized carbons (Fsp3) is 0.411. The number of nitrogens with zero attached hydrogens (tertiary/aromatic N) is 1. The topological polar surface area (TPSA) is 356 Å². The molecule has 1 unspecified atom stereocenters. The number of aliphatic carboxylic acids is 1. The number of carboxylic acid groups (broad SMARTS) is 1. The molecule has 0 aliphatic rings. The number of phenolic OH excluding ortho intramolecular Hbond substituents is 1. The predicted molar refractivity (Wildman–Crippen MR) is 295 cm³/mol. The first kappa shape index (κ1) is 62.8. The van der Waals surface area contributed by atoms with Gasteiger partial charge in [0.2, 0.25) is 29.5 Å². The number of carbonyl (C=O) groups is 8. The summed E-state index contributed by atoms with van der Waals surface area (Å²) in [4.78, 5) is 105. The first-order valence-electron chi connectivity index (χ1n) is 26.4. The van der Waals surface area contributed by atoms with Gasteiger partial charge in [0.15, 0.2) is 5.96 Å². The number of rotatable bonds is 34. The highest BCUT2D eigenvalue weighted by molar-refractivity contribution is 5.93. The van der Waals surface area contributed by atoms with Gasteiger partial charge in [-0.3, -0.25) is 28.8 Å². The average Bonchev–Trinajstić information content (AvgIpc) is 3.45. The van der Waals surface area contributed by atoms with E-state index in [4.69, 9.17) is 26.0 Å². The van der Waals surface area contributed by atoms with Crippen LogP contribution >= 0.6 is 0 Å². The summed E-state index contributed by atoms with van der Waals surface area (Å²) in [7, 11) is 0. The second-order valence-corrected chi connectivity index (χ2v) is 18.3. The Morgan fingerprint density at radius 1 is 0.595 bits per heavy atom. The number of nitrogens with one attached hydrogen (secondary N) is 8. The number of alkyl carbamates (subject to hydrolysis) is 1. The highest BCUT2D eigenvalue weighted by Gasteiger charge is 2.29. The maximum atomic E-state index is 14.5. The minimum absolute atomic E-state index is 0.0714. The van der Waals surface area contributed by atoms with Gasteiger partial charge in [0.05, 0.1) is 12.5 Å². The van der Waals surface area contributed by atoms with Crippen LogP contribution in [0.2, 0.25) is 0 Å². The van der Waals surface area contributed by atoms with Crippen LogP contribution in [0.15, 0.2) is 114 Å². The predicted octanol–water partition coefficient (Wildman–Crippen LogP) is 3.29. The molecule has 4 atom stereocenters. The van der Waals surface area contributed by atoms with Gasteiger partial charge in [-0.15, -0.1) is 0 Å². The minimum Gasteiger partial charge on any atom is -0.508 e. The fourth-order valence-electron chi connectivity index (χ4n) is 7.72. The molecule has 14 N–H and O–H groups in total. The Morgan fingerprint density at radius 3 is 1.95 bits per heavy atom. The smallest absolute Gasteiger partial charge is 0.407 e. The van der Waals surface area contributed by atoms with Crippen LogP contribution < -0.4 is 58.7 Å². The van der Waals surface area contributed by atoms with E-state index < -0.39 is 65.8 Å². The Kier molecular flexibility index (Phi) is 28.3. The SMILES string of the molecule is CCC(=O)NCCNC(=O)/N=C(/N)NCCC[C@@H](NC(=O)C(c1ccccc1)c1cccc(OCCCCNC(=O)[C@H](CCCCNC(=O)OCc2ccccc2)NC(=O)CC[C@H](N)C(=O)O)c1)C(=O)NCc1ccc(O)cc1. The number of unbranched alkanes of at least 4 members (excludes halogenated alkanes) is 2. The number of hydrogen-bond donors (Lipinski definition) is 12. The Labute approximate surface area is 459 Å². The second kappa shape index (κ2) is 35.6. The normalized spacial score (nSPS) is 12.5. The van der Waals surface area contributed by atoms with E-state index in [2.05, 4.69) is 47.5 Å². The van der Waals surface area contributed by atoms with Gasteiger partial charge >= 0.3 is 18.1 Å².